The van der Waals surface area contributed by atoms with Crippen molar-refractivity contribution in [2.45, 2.75) is 51.5 Å². The molecule has 174 valence electrons. The van der Waals surface area contributed by atoms with Gasteiger partial charge in [-0.2, -0.15) is 0 Å². The predicted molar refractivity (Wildman–Crippen MR) is 132 cm³/mol. The van der Waals surface area contributed by atoms with E-state index in [0.29, 0.717) is 17.1 Å². The summed E-state index contributed by atoms with van der Waals surface area (Å²) in [6, 6.07) is 19.1. The summed E-state index contributed by atoms with van der Waals surface area (Å²) >= 11 is 0. The van der Waals surface area contributed by atoms with Gasteiger partial charge in [-0.15, -0.1) is 0 Å². The summed E-state index contributed by atoms with van der Waals surface area (Å²) in [5, 5.41) is 2.77. The molecule has 3 aromatic rings. The standard InChI is InChI=1S/C26H30N2O4S/c1-17(2)24-8-6-7-9-25(24)32-20(5)26(29)27-21-12-14-23(15-13-21)33(30,31)28-22-11-10-18(3)19(4)16-22/h6-17,20,28H,1-5H3,(H,27,29)/t20-/m1/s1. The van der Waals surface area contributed by atoms with E-state index in [4.69, 9.17) is 4.74 Å². The number of carbonyl (C=O) groups is 1. The molecule has 6 nitrogen and oxygen atoms in total. The van der Waals surface area contributed by atoms with Gasteiger partial charge in [0.05, 0.1) is 4.90 Å². The number of hydrogen-bond donors (Lipinski definition) is 2. The van der Waals surface area contributed by atoms with Crippen molar-refractivity contribution in [3.63, 3.8) is 0 Å². The summed E-state index contributed by atoms with van der Waals surface area (Å²) < 4.78 is 33.9. The van der Waals surface area contributed by atoms with E-state index in [1.165, 1.54) is 12.1 Å². The normalized spacial score (nSPS) is 12.3. The Morgan fingerprint density at radius 2 is 1.48 bits per heavy atom. The number of sulfonamides is 1. The molecule has 0 aromatic heterocycles. The summed E-state index contributed by atoms with van der Waals surface area (Å²) in [5.41, 5.74) is 4.10. The van der Waals surface area contributed by atoms with Gasteiger partial charge in [0.1, 0.15) is 5.75 Å². The molecule has 2 N–H and O–H groups in total. The van der Waals surface area contributed by atoms with Crippen LogP contribution < -0.4 is 14.8 Å². The second-order valence-electron chi connectivity index (χ2n) is 8.37. The lowest BCUT2D eigenvalue weighted by Gasteiger charge is -2.18. The molecule has 1 atom stereocenters. The second-order valence-corrected chi connectivity index (χ2v) is 10.1. The Morgan fingerprint density at radius 3 is 2.12 bits per heavy atom. The Kier molecular flexibility index (Phi) is 7.43. The fourth-order valence-corrected chi connectivity index (χ4v) is 4.34. The molecule has 0 aliphatic heterocycles. The molecule has 33 heavy (non-hydrogen) atoms. The Hall–Kier alpha value is -3.32. The number of carbonyl (C=O) groups excluding carboxylic acids is 1. The topological polar surface area (TPSA) is 84.5 Å². The van der Waals surface area contributed by atoms with Crippen LogP contribution in [0.2, 0.25) is 0 Å². The third-order valence-corrected chi connectivity index (χ3v) is 6.80. The van der Waals surface area contributed by atoms with E-state index in [2.05, 4.69) is 23.9 Å². The Morgan fingerprint density at radius 1 is 0.848 bits per heavy atom. The molecular weight excluding hydrogens is 436 g/mol. The zero-order valence-corrected chi connectivity index (χ0v) is 20.4. The minimum atomic E-state index is -3.75. The van der Waals surface area contributed by atoms with Gasteiger partial charge in [-0.25, -0.2) is 8.42 Å². The maximum absolute atomic E-state index is 12.7. The van der Waals surface area contributed by atoms with Crippen LogP contribution in [0.5, 0.6) is 5.75 Å². The lowest BCUT2D eigenvalue weighted by molar-refractivity contribution is -0.122. The molecule has 0 heterocycles. The van der Waals surface area contributed by atoms with Gasteiger partial charge in [-0.05, 0) is 85.8 Å². The van der Waals surface area contributed by atoms with E-state index in [-0.39, 0.29) is 16.7 Å². The van der Waals surface area contributed by atoms with Gasteiger partial charge in [-0.3, -0.25) is 9.52 Å². The van der Waals surface area contributed by atoms with Crippen LogP contribution in [0.3, 0.4) is 0 Å². The molecule has 0 saturated carbocycles. The molecule has 0 saturated heterocycles. The zero-order valence-electron chi connectivity index (χ0n) is 19.5. The first-order valence-corrected chi connectivity index (χ1v) is 12.3. The lowest BCUT2D eigenvalue weighted by atomic mass is 10.0. The fourth-order valence-electron chi connectivity index (χ4n) is 3.29. The van der Waals surface area contributed by atoms with Gasteiger partial charge >= 0.3 is 0 Å². The van der Waals surface area contributed by atoms with Crippen LogP contribution in [-0.4, -0.2) is 20.4 Å². The average molecular weight is 467 g/mol. The molecule has 7 heteroatoms. The number of nitrogens with one attached hydrogen (secondary N) is 2. The van der Waals surface area contributed by atoms with Crippen LogP contribution in [0.25, 0.3) is 0 Å². The quantitative estimate of drug-likeness (QED) is 0.450. The van der Waals surface area contributed by atoms with Crippen LogP contribution in [0.15, 0.2) is 71.6 Å². The summed E-state index contributed by atoms with van der Waals surface area (Å²) in [6.07, 6.45) is -0.722. The number of para-hydroxylation sites is 1. The van der Waals surface area contributed by atoms with Crippen LogP contribution in [0, 0.1) is 13.8 Å². The number of ether oxygens (including phenoxy) is 1. The molecule has 0 unspecified atom stereocenters. The largest absolute Gasteiger partial charge is 0.481 e. The molecule has 0 aliphatic rings. The Balaban J connectivity index is 1.66. The maximum atomic E-state index is 12.7. The third-order valence-electron chi connectivity index (χ3n) is 5.41. The zero-order chi connectivity index (χ0) is 24.2. The third kappa shape index (κ3) is 6.14. The minimum absolute atomic E-state index is 0.105. The molecule has 3 aromatic carbocycles. The molecule has 0 aliphatic carbocycles. The van der Waals surface area contributed by atoms with Crippen molar-refractivity contribution < 1.29 is 17.9 Å². The first-order valence-electron chi connectivity index (χ1n) is 10.8. The van der Waals surface area contributed by atoms with Crippen molar-refractivity contribution in [3.05, 3.63) is 83.4 Å². The highest BCUT2D eigenvalue weighted by atomic mass is 32.2. The molecular formula is C26H30N2O4S. The van der Waals surface area contributed by atoms with Gasteiger partial charge in [0.15, 0.2) is 6.10 Å². The van der Waals surface area contributed by atoms with E-state index in [9.17, 15) is 13.2 Å². The van der Waals surface area contributed by atoms with Crippen molar-refractivity contribution >= 4 is 27.3 Å². The van der Waals surface area contributed by atoms with Crippen molar-refractivity contribution in [2.75, 3.05) is 10.0 Å². The fraction of sp³-hybridized carbons (Fsp3) is 0.269. The summed E-state index contributed by atoms with van der Waals surface area (Å²) in [6.45, 7) is 9.71. The molecule has 3 rings (SSSR count). The average Bonchev–Trinajstić information content (AvgIpc) is 2.76. The molecule has 0 spiro atoms. The molecule has 1 amide bonds. The van der Waals surface area contributed by atoms with E-state index >= 15 is 0 Å². The first-order chi connectivity index (χ1) is 15.6. The SMILES string of the molecule is Cc1ccc(NS(=O)(=O)c2ccc(NC(=O)[C@@H](C)Oc3ccccc3C(C)C)cc2)cc1C. The smallest absolute Gasteiger partial charge is 0.265 e. The van der Waals surface area contributed by atoms with E-state index in [1.54, 1.807) is 31.2 Å². The lowest BCUT2D eigenvalue weighted by Crippen LogP contribution is -2.30. The first kappa shape index (κ1) is 24.3. The number of benzene rings is 3. The number of rotatable bonds is 8. The monoisotopic (exact) mass is 466 g/mol. The van der Waals surface area contributed by atoms with Crippen molar-refractivity contribution in [2.24, 2.45) is 0 Å². The number of aryl methyl sites for hydroxylation is 2. The van der Waals surface area contributed by atoms with Crippen LogP contribution in [0.1, 0.15) is 43.4 Å². The molecule has 0 fully saturated rings. The highest BCUT2D eigenvalue weighted by Gasteiger charge is 2.19. The van der Waals surface area contributed by atoms with Gasteiger partial charge in [0, 0.05) is 11.4 Å². The van der Waals surface area contributed by atoms with Crippen LogP contribution >= 0.6 is 0 Å². The minimum Gasteiger partial charge on any atom is -0.481 e. The van der Waals surface area contributed by atoms with Gasteiger partial charge in [0.25, 0.3) is 15.9 Å². The van der Waals surface area contributed by atoms with Gasteiger partial charge < -0.3 is 10.1 Å². The maximum Gasteiger partial charge on any atom is 0.265 e. The van der Waals surface area contributed by atoms with Crippen LogP contribution in [-0.2, 0) is 14.8 Å². The summed E-state index contributed by atoms with van der Waals surface area (Å²) in [7, 11) is -3.75. The predicted octanol–water partition coefficient (Wildman–Crippen LogP) is 5.63. The Bertz CT molecular complexity index is 1240. The van der Waals surface area contributed by atoms with Gasteiger partial charge in [-0.1, -0.05) is 38.1 Å². The van der Waals surface area contributed by atoms with Crippen LogP contribution in [0.4, 0.5) is 11.4 Å². The summed E-state index contributed by atoms with van der Waals surface area (Å²) in [4.78, 5) is 12.7. The highest BCUT2D eigenvalue weighted by molar-refractivity contribution is 7.92. The Labute approximate surface area is 196 Å². The van der Waals surface area contributed by atoms with E-state index in [1.807, 2.05) is 44.2 Å². The number of hydrogen-bond acceptors (Lipinski definition) is 4. The van der Waals surface area contributed by atoms with E-state index < -0.39 is 16.1 Å². The van der Waals surface area contributed by atoms with Gasteiger partial charge in [0.2, 0.25) is 0 Å². The van der Waals surface area contributed by atoms with E-state index in [0.717, 1.165) is 16.7 Å². The van der Waals surface area contributed by atoms with Crippen molar-refractivity contribution in [1.82, 2.24) is 0 Å². The molecule has 0 radical (unpaired) electrons. The summed E-state index contributed by atoms with van der Waals surface area (Å²) in [5.74, 6) is 0.620. The molecule has 0 bridgehead atoms. The number of amides is 1. The highest BCUT2D eigenvalue weighted by Crippen LogP contribution is 2.27. The van der Waals surface area contributed by atoms with Crippen molar-refractivity contribution in [1.29, 1.82) is 0 Å². The second kappa shape index (κ2) is 10.1. The van der Waals surface area contributed by atoms with Crippen molar-refractivity contribution in [3.8, 4) is 5.75 Å². The number of anilines is 2.